The first kappa shape index (κ1) is 11.4. The predicted octanol–water partition coefficient (Wildman–Crippen LogP) is 2.25. The molecule has 1 aromatic rings. The zero-order valence-corrected chi connectivity index (χ0v) is 8.63. The first-order valence-corrected chi connectivity index (χ1v) is 4.82. The molecule has 1 rings (SSSR count). The minimum absolute atomic E-state index is 0.0289. The molecule has 0 aliphatic rings. The molecule has 2 nitrogen and oxygen atoms in total. The molecule has 0 aromatic heterocycles. The van der Waals surface area contributed by atoms with E-state index in [1.54, 1.807) is 0 Å². The average Bonchev–Trinajstić information content (AvgIpc) is 2.20. The van der Waals surface area contributed by atoms with E-state index in [9.17, 15) is 9.50 Å². The molecule has 0 unspecified atom stereocenters. The second-order valence-electron chi connectivity index (χ2n) is 3.17. The minimum Gasteiger partial charge on any atom is -0.391 e. The second kappa shape index (κ2) is 4.73. The van der Waals surface area contributed by atoms with Crippen LogP contribution in [0.15, 0.2) is 18.2 Å². The number of aliphatic hydroxyl groups excluding tert-OH is 1. The van der Waals surface area contributed by atoms with E-state index in [0.29, 0.717) is 12.0 Å². The molecule has 0 aliphatic carbocycles. The third-order valence-electron chi connectivity index (χ3n) is 2.16. The summed E-state index contributed by atoms with van der Waals surface area (Å²) in [6.07, 6.45) is -0.0765. The maximum atomic E-state index is 12.8. The van der Waals surface area contributed by atoms with Crippen LogP contribution in [0.3, 0.4) is 0 Å². The molecule has 4 heteroatoms. The van der Waals surface area contributed by atoms with E-state index >= 15 is 0 Å². The third kappa shape index (κ3) is 2.44. The molecule has 2 atom stereocenters. The lowest BCUT2D eigenvalue weighted by molar-refractivity contribution is 0.140. The summed E-state index contributed by atoms with van der Waals surface area (Å²) in [5.74, 6) is -0.478. The Labute approximate surface area is 87.5 Å². The van der Waals surface area contributed by atoms with Gasteiger partial charge in [0.2, 0.25) is 0 Å². The summed E-state index contributed by atoms with van der Waals surface area (Å²) in [6.45, 7) is 1.83. The van der Waals surface area contributed by atoms with Crippen molar-refractivity contribution in [3.63, 3.8) is 0 Å². The fourth-order valence-electron chi connectivity index (χ4n) is 1.20. The van der Waals surface area contributed by atoms with Gasteiger partial charge in [0.25, 0.3) is 0 Å². The maximum absolute atomic E-state index is 12.8. The van der Waals surface area contributed by atoms with Crippen molar-refractivity contribution in [2.45, 2.75) is 25.5 Å². The van der Waals surface area contributed by atoms with Crippen LogP contribution in [0.25, 0.3) is 0 Å². The van der Waals surface area contributed by atoms with Gasteiger partial charge in [-0.2, -0.15) is 0 Å². The van der Waals surface area contributed by atoms with Crippen LogP contribution in [0.2, 0.25) is 5.02 Å². The summed E-state index contributed by atoms with van der Waals surface area (Å²) in [6, 6.07) is 3.71. The van der Waals surface area contributed by atoms with E-state index in [0.717, 1.165) is 0 Å². The van der Waals surface area contributed by atoms with Crippen molar-refractivity contribution in [2.75, 3.05) is 0 Å². The van der Waals surface area contributed by atoms with Gasteiger partial charge >= 0.3 is 0 Å². The van der Waals surface area contributed by atoms with E-state index in [4.69, 9.17) is 17.3 Å². The van der Waals surface area contributed by atoms with Crippen LogP contribution in [0.5, 0.6) is 0 Å². The Bertz CT molecular complexity index is 319. The average molecular weight is 218 g/mol. The number of hydrogen-bond acceptors (Lipinski definition) is 2. The van der Waals surface area contributed by atoms with Crippen molar-refractivity contribution < 1.29 is 9.50 Å². The van der Waals surface area contributed by atoms with E-state index < -0.39 is 18.0 Å². The Kier molecular flexibility index (Phi) is 3.86. The monoisotopic (exact) mass is 217 g/mol. The van der Waals surface area contributed by atoms with E-state index in [2.05, 4.69) is 0 Å². The quantitative estimate of drug-likeness (QED) is 0.816. The highest BCUT2D eigenvalue weighted by molar-refractivity contribution is 6.30. The number of halogens is 2. The lowest BCUT2D eigenvalue weighted by Crippen LogP contribution is -2.25. The summed E-state index contributed by atoms with van der Waals surface area (Å²) in [5.41, 5.74) is 6.38. The van der Waals surface area contributed by atoms with Crippen LogP contribution < -0.4 is 5.73 Å². The Balaban J connectivity index is 2.91. The van der Waals surface area contributed by atoms with Gasteiger partial charge < -0.3 is 10.8 Å². The van der Waals surface area contributed by atoms with Gasteiger partial charge in [0.1, 0.15) is 5.82 Å². The molecular formula is C10H13ClFNO. The summed E-state index contributed by atoms with van der Waals surface area (Å²) in [7, 11) is 0. The van der Waals surface area contributed by atoms with E-state index in [1.165, 1.54) is 18.2 Å². The van der Waals surface area contributed by atoms with Gasteiger partial charge in [-0.15, -0.1) is 0 Å². The van der Waals surface area contributed by atoms with Crippen LogP contribution in [0.4, 0.5) is 4.39 Å². The molecule has 0 spiro atoms. The van der Waals surface area contributed by atoms with Crippen molar-refractivity contribution >= 4 is 11.6 Å². The molecule has 78 valence electrons. The van der Waals surface area contributed by atoms with Crippen LogP contribution >= 0.6 is 11.6 Å². The molecule has 0 amide bonds. The fourth-order valence-corrected chi connectivity index (χ4v) is 1.38. The minimum atomic E-state index is -0.628. The molecule has 3 N–H and O–H groups in total. The summed E-state index contributed by atoms with van der Waals surface area (Å²) >= 11 is 5.59. The topological polar surface area (TPSA) is 46.2 Å². The van der Waals surface area contributed by atoms with Gasteiger partial charge in [-0.1, -0.05) is 24.6 Å². The molecule has 0 radical (unpaired) electrons. The Hall–Kier alpha value is -0.640. The van der Waals surface area contributed by atoms with Crippen LogP contribution in [0.1, 0.15) is 24.9 Å². The number of benzene rings is 1. The van der Waals surface area contributed by atoms with Gasteiger partial charge in [-0.25, -0.2) is 4.39 Å². The molecular weight excluding hydrogens is 205 g/mol. The zero-order valence-electron chi connectivity index (χ0n) is 7.87. The molecule has 1 aromatic carbocycles. The standard InChI is InChI=1S/C10H13ClFNO/c1-2-9(14)10(13)6-3-4-8(12)7(11)5-6/h3-5,9-10,14H,2,13H2,1H3/t9-,10+/m1/s1. The highest BCUT2D eigenvalue weighted by Crippen LogP contribution is 2.22. The predicted molar refractivity (Wildman–Crippen MR) is 54.6 cm³/mol. The van der Waals surface area contributed by atoms with Crippen molar-refractivity contribution in [3.8, 4) is 0 Å². The van der Waals surface area contributed by atoms with Gasteiger partial charge in [-0.3, -0.25) is 0 Å². The number of aliphatic hydroxyl groups is 1. The molecule has 0 aliphatic heterocycles. The van der Waals surface area contributed by atoms with Gasteiger partial charge in [-0.05, 0) is 24.1 Å². The smallest absolute Gasteiger partial charge is 0.141 e. The van der Waals surface area contributed by atoms with Crippen molar-refractivity contribution in [3.05, 3.63) is 34.6 Å². The number of nitrogens with two attached hydrogens (primary N) is 1. The SMILES string of the molecule is CC[C@@H](O)[C@@H](N)c1ccc(F)c(Cl)c1. The highest BCUT2D eigenvalue weighted by Gasteiger charge is 2.15. The van der Waals surface area contributed by atoms with Crippen molar-refractivity contribution in [1.29, 1.82) is 0 Å². The van der Waals surface area contributed by atoms with Crippen molar-refractivity contribution in [1.82, 2.24) is 0 Å². The third-order valence-corrected chi connectivity index (χ3v) is 2.45. The molecule has 0 bridgehead atoms. The van der Waals surface area contributed by atoms with Crippen LogP contribution in [-0.2, 0) is 0 Å². The van der Waals surface area contributed by atoms with E-state index in [-0.39, 0.29) is 5.02 Å². The van der Waals surface area contributed by atoms with Crippen LogP contribution in [-0.4, -0.2) is 11.2 Å². The van der Waals surface area contributed by atoms with Gasteiger partial charge in [0.05, 0.1) is 17.2 Å². The fraction of sp³-hybridized carbons (Fsp3) is 0.400. The largest absolute Gasteiger partial charge is 0.391 e. The molecule has 0 saturated heterocycles. The van der Waals surface area contributed by atoms with Crippen LogP contribution in [0, 0.1) is 5.82 Å². The Morgan fingerprint density at radius 1 is 1.57 bits per heavy atom. The van der Waals surface area contributed by atoms with Gasteiger partial charge in [0, 0.05) is 0 Å². The first-order chi connectivity index (χ1) is 6.56. The van der Waals surface area contributed by atoms with E-state index in [1.807, 2.05) is 6.92 Å². The second-order valence-corrected chi connectivity index (χ2v) is 3.58. The normalized spacial score (nSPS) is 15.2. The zero-order chi connectivity index (χ0) is 10.7. The first-order valence-electron chi connectivity index (χ1n) is 4.44. The summed E-state index contributed by atoms with van der Waals surface area (Å²) in [4.78, 5) is 0. The maximum Gasteiger partial charge on any atom is 0.141 e. The molecule has 0 saturated carbocycles. The molecule has 0 heterocycles. The van der Waals surface area contributed by atoms with Crippen molar-refractivity contribution in [2.24, 2.45) is 5.73 Å². The number of rotatable bonds is 3. The number of hydrogen-bond donors (Lipinski definition) is 2. The lowest BCUT2D eigenvalue weighted by atomic mass is 10.0. The molecule has 14 heavy (non-hydrogen) atoms. The molecule has 0 fully saturated rings. The highest BCUT2D eigenvalue weighted by atomic mass is 35.5. The Morgan fingerprint density at radius 3 is 2.71 bits per heavy atom. The Morgan fingerprint density at radius 2 is 2.21 bits per heavy atom. The summed E-state index contributed by atoms with van der Waals surface area (Å²) < 4.78 is 12.8. The lowest BCUT2D eigenvalue weighted by Gasteiger charge is -2.17. The summed E-state index contributed by atoms with van der Waals surface area (Å²) in [5, 5.41) is 9.51. The van der Waals surface area contributed by atoms with Gasteiger partial charge in [0.15, 0.2) is 0 Å².